The third-order valence-electron chi connectivity index (χ3n) is 2.36. The summed E-state index contributed by atoms with van der Waals surface area (Å²) >= 11 is 0. The molecule has 0 aliphatic heterocycles. The molecule has 0 aliphatic rings. The zero-order valence-electron chi connectivity index (χ0n) is 9.03. The third-order valence-corrected chi connectivity index (χ3v) is 2.36. The molecule has 0 bridgehead atoms. The number of hydrogen-bond acceptors (Lipinski definition) is 4. The van der Waals surface area contributed by atoms with Crippen molar-refractivity contribution in [2.24, 2.45) is 7.05 Å². The maximum absolute atomic E-state index is 12.0. The number of hydrogen-bond donors (Lipinski definition) is 0. The smallest absolute Gasteiger partial charge is 0.269 e. The number of imidazole rings is 1. The summed E-state index contributed by atoms with van der Waals surface area (Å²) in [6.07, 6.45) is 3.19. The van der Waals surface area contributed by atoms with Crippen LogP contribution in [0.1, 0.15) is 16.2 Å². The summed E-state index contributed by atoms with van der Waals surface area (Å²) in [5, 5.41) is 10.5. The Kier molecular flexibility index (Phi) is 2.70. The number of aromatic nitrogens is 2. The van der Waals surface area contributed by atoms with Crippen molar-refractivity contribution in [1.29, 1.82) is 0 Å². The second-order valence-corrected chi connectivity index (χ2v) is 3.49. The van der Waals surface area contributed by atoms with Crippen LogP contribution in [0.2, 0.25) is 0 Å². The van der Waals surface area contributed by atoms with E-state index in [1.807, 2.05) is 0 Å². The molecule has 2 rings (SSSR count). The molecule has 2 aromatic rings. The van der Waals surface area contributed by atoms with Gasteiger partial charge < -0.3 is 4.57 Å². The van der Waals surface area contributed by atoms with E-state index in [1.54, 1.807) is 17.8 Å². The van der Waals surface area contributed by atoms with Gasteiger partial charge in [-0.1, -0.05) is 0 Å². The fourth-order valence-electron chi connectivity index (χ4n) is 1.45. The van der Waals surface area contributed by atoms with Crippen molar-refractivity contribution < 1.29 is 9.72 Å². The Balaban J connectivity index is 2.33. The molecule has 0 saturated carbocycles. The average molecular weight is 231 g/mol. The molecule has 0 amide bonds. The molecule has 0 radical (unpaired) electrons. The van der Waals surface area contributed by atoms with Crippen LogP contribution < -0.4 is 0 Å². The summed E-state index contributed by atoms with van der Waals surface area (Å²) in [6.45, 7) is 0. The highest BCUT2D eigenvalue weighted by molar-refractivity contribution is 6.06. The standard InChI is InChI=1S/C11H9N3O3/c1-13-7-6-12-11(13)10(15)8-2-4-9(5-3-8)14(16)17/h2-7H,1H3. The highest BCUT2D eigenvalue weighted by atomic mass is 16.6. The van der Waals surface area contributed by atoms with Crippen molar-refractivity contribution in [3.8, 4) is 0 Å². The highest BCUT2D eigenvalue weighted by Crippen LogP contribution is 2.14. The molecule has 6 heteroatoms. The Morgan fingerprint density at radius 1 is 1.35 bits per heavy atom. The van der Waals surface area contributed by atoms with E-state index >= 15 is 0 Å². The molecule has 1 aromatic heterocycles. The van der Waals surface area contributed by atoms with Crippen LogP contribution in [0.4, 0.5) is 5.69 Å². The maximum atomic E-state index is 12.0. The number of nitrogens with zero attached hydrogens (tertiary/aromatic N) is 3. The average Bonchev–Trinajstić information content (AvgIpc) is 2.74. The van der Waals surface area contributed by atoms with Gasteiger partial charge in [0, 0.05) is 37.1 Å². The van der Waals surface area contributed by atoms with Crippen molar-refractivity contribution >= 4 is 11.5 Å². The molecular weight excluding hydrogens is 222 g/mol. The molecule has 0 unspecified atom stereocenters. The Bertz CT molecular complexity index is 572. The summed E-state index contributed by atoms with van der Waals surface area (Å²) in [5.41, 5.74) is 0.339. The van der Waals surface area contributed by atoms with Crippen molar-refractivity contribution in [3.63, 3.8) is 0 Å². The quantitative estimate of drug-likeness (QED) is 0.456. The highest BCUT2D eigenvalue weighted by Gasteiger charge is 2.14. The summed E-state index contributed by atoms with van der Waals surface area (Å²) < 4.78 is 1.60. The van der Waals surface area contributed by atoms with E-state index < -0.39 is 4.92 Å². The van der Waals surface area contributed by atoms with Crippen LogP contribution in [-0.4, -0.2) is 20.3 Å². The molecule has 0 atom stereocenters. The molecule has 0 aliphatic carbocycles. The topological polar surface area (TPSA) is 78.0 Å². The van der Waals surface area contributed by atoms with Gasteiger partial charge in [0.25, 0.3) is 5.69 Å². The summed E-state index contributed by atoms with van der Waals surface area (Å²) in [7, 11) is 1.71. The van der Waals surface area contributed by atoms with Gasteiger partial charge in [0.2, 0.25) is 5.78 Å². The minimum atomic E-state index is -0.505. The lowest BCUT2D eigenvalue weighted by Crippen LogP contribution is -2.08. The first kappa shape index (κ1) is 11.0. The molecule has 17 heavy (non-hydrogen) atoms. The predicted octanol–water partition coefficient (Wildman–Crippen LogP) is 1.56. The molecule has 0 N–H and O–H groups in total. The molecule has 0 saturated heterocycles. The van der Waals surface area contributed by atoms with Crippen LogP contribution in [0.5, 0.6) is 0 Å². The lowest BCUT2D eigenvalue weighted by atomic mass is 10.1. The van der Waals surface area contributed by atoms with E-state index in [1.165, 1.54) is 30.5 Å². The van der Waals surface area contributed by atoms with Crippen molar-refractivity contribution in [2.45, 2.75) is 0 Å². The largest absolute Gasteiger partial charge is 0.331 e. The second-order valence-electron chi connectivity index (χ2n) is 3.49. The van der Waals surface area contributed by atoms with E-state index in [0.717, 1.165) is 0 Å². The summed E-state index contributed by atoms with van der Waals surface area (Å²) in [5.74, 6) is 0.0475. The number of nitro groups is 1. The van der Waals surface area contributed by atoms with Gasteiger partial charge in [0.1, 0.15) is 0 Å². The minimum Gasteiger partial charge on any atom is -0.331 e. The number of carbonyl (C=O) groups excluding carboxylic acids is 1. The van der Waals surface area contributed by atoms with Gasteiger partial charge in [-0.25, -0.2) is 4.98 Å². The number of carbonyl (C=O) groups is 1. The lowest BCUT2D eigenvalue weighted by Gasteiger charge is -2.00. The Morgan fingerprint density at radius 2 is 2.00 bits per heavy atom. The zero-order valence-corrected chi connectivity index (χ0v) is 9.03. The van der Waals surface area contributed by atoms with Gasteiger partial charge in [-0.2, -0.15) is 0 Å². The van der Waals surface area contributed by atoms with E-state index in [9.17, 15) is 14.9 Å². The van der Waals surface area contributed by atoms with Crippen LogP contribution in [-0.2, 0) is 7.05 Å². The molecule has 86 valence electrons. The van der Waals surface area contributed by atoms with Crippen molar-refractivity contribution in [1.82, 2.24) is 9.55 Å². The number of non-ortho nitro benzene ring substituents is 1. The monoisotopic (exact) mass is 231 g/mol. The molecule has 6 nitrogen and oxygen atoms in total. The predicted molar refractivity (Wildman–Crippen MR) is 59.7 cm³/mol. The minimum absolute atomic E-state index is 0.0404. The van der Waals surface area contributed by atoms with Gasteiger partial charge in [0.15, 0.2) is 5.82 Å². The van der Waals surface area contributed by atoms with Gasteiger partial charge in [-0.3, -0.25) is 14.9 Å². The summed E-state index contributed by atoms with van der Waals surface area (Å²) in [6, 6.07) is 5.46. The maximum Gasteiger partial charge on any atom is 0.269 e. The summed E-state index contributed by atoms with van der Waals surface area (Å²) in [4.78, 5) is 25.8. The number of benzene rings is 1. The van der Waals surface area contributed by atoms with Crippen LogP contribution >= 0.6 is 0 Å². The first-order valence-electron chi connectivity index (χ1n) is 4.86. The van der Waals surface area contributed by atoms with Crippen LogP contribution in [0.3, 0.4) is 0 Å². The Labute approximate surface area is 96.7 Å². The zero-order chi connectivity index (χ0) is 12.4. The van der Waals surface area contributed by atoms with E-state index in [0.29, 0.717) is 11.4 Å². The van der Waals surface area contributed by atoms with Crippen LogP contribution in [0.25, 0.3) is 0 Å². The van der Waals surface area contributed by atoms with E-state index in [4.69, 9.17) is 0 Å². The van der Waals surface area contributed by atoms with Gasteiger partial charge >= 0.3 is 0 Å². The number of aryl methyl sites for hydroxylation is 1. The first-order valence-corrected chi connectivity index (χ1v) is 4.86. The Hall–Kier alpha value is -2.50. The number of rotatable bonds is 3. The molecular formula is C11H9N3O3. The van der Waals surface area contributed by atoms with Crippen molar-refractivity contribution in [3.05, 3.63) is 58.2 Å². The number of nitro benzene ring substituents is 1. The number of ketones is 1. The molecule has 0 spiro atoms. The second kappa shape index (κ2) is 4.17. The van der Waals surface area contributed by atoms with Crippen LogP contribution in [0.15, 0.2) is 36.7 Å². The fourth-order valence-corrected chi connectivity index (χ4v) is 1.45. The molecule has 0 fully saturated rings. The first-order chi connectivity index (χ1) is 8.09. The lowest BCUT2D eigenvalue weighted by molar-refractivity contribution is -0.384. The van der Waals surface area contributed by atoms with Crippen LogP contribution in [0, 0.1) is 10.1 Å². The Morgan fingerprint density at radius 3 is 2.47 bits per heavy atom. The molecule has 1 aromatic carbocycles. The van der Waals surface area contributed by atoms with Crippen molar-refractivity contribution in [2.75, 3.05) is 0 Å². The van der Waals surface area contributed by atoms with Gasteiger partial charge in [0.05, 0.1) is 4.92 Å². The molecule has 1 heterocycles. The normalized spacial score (nSPS) is 10.2. The SMILES string of the molecule is Cn1ccnc1C(=O)c1ccc([N+](=O)[O-])cc1. The third kappa shape index (κ3) is 2.05. The van der Waals surface area contributed by atoms with Gasteiger partial charge in [-0.15, -0.1) is 0 Å². The van der Waals surface area contributed by atoms with E-state index in [2.05, 4.69) is 4.98 Å². The fraction of sp³-hybridized carbons (Fsp3) is 0.0909. The van der Waals surface area contributed by atoms with Gasteiger partial charge in [-0.05, 0) is 12.1 Å². The van der Waals surface area contributed by atoms with E-state index in [-0.39, 0.29) is 11.5 Å².